The Bertz CT molecular complexity index is 866. The van der Waals surface area contributed by atoms with Gasteiger partial charge in [-0.05, 0) is 6.42 Å². The quantitative estimate of drug-likeness (QED) is 0.114. The second-order valence-corrected chi connectivity index (χ2v) is 11.2. The molecule has 42 heavy (non-hydrogen) atoms. The van der Waals surface area contributed by atoms with Gasteiger partial charge < -0.3 is 97.9 Å². The topological polar surface area (TPSA) is 347 Å². The maximum atomic E-state index is 11.1. The van der Waals surface area contributed by atoms with Gasteiger partial charge >= 0.3 is 0 Å². The number of aliphatic hydroxyl groups is 8. The van der Waals surface area contributed by atoms with Gasteiger partial charge in [0.05, 0.1) is 31.4 Å². The number of nitrogens with two attached hydrogens (primary N) is 5. The second-order valence-electron chi connectivity index (χ2n) is 11.2. The molecule has 0 spiro atoms. The standard InChI is InChI=1S/C23H45N5O14/c24-2-7-13(32)15(34)10(27)21(37-7)41-19-9(4-30)39-23(17(19)36)42-20-12(31)5(25)1-6(26)18(20)40-22-11(28)16(35)14(33)8(3-29)38-22/h5-23,29-36H,1-4,24-28H2/t5-,6+,7+,8-,9-,10-,11-,12+,13-,14-,15-,16-,17-,18?,19-,20-,21-,22-,23?/m1/s1. The third-order valence-corrected chi connectivity index (χ3v) is 8.32. The normalized spacial score (nSPS) is 53.8. The zero-order valence-corrected chi connectivity index (χ0v) is 22.7. The number of hydrogen-bond donors (Lipinski definition) is 13. The van der Waals surface area contributed by atoms with Crippen LogP contribution in [0.2, 0.25) is 0 Å². The molecule has 3 saturated heterocycles. The fourth-order valence-corrected chi connectivity index (χ4v) is 5.70. The van der Waals surface area contributed by atoms with Crippen LogP contribution >= 0.6 is 0 Å². The SMILES string of the molecule is NC[C@@H]1O[C@H](O[C@@H]2[C@@H](CO)OC(O[C@H]3C(O[C@H]4O[C@H](CO)[C@@H](O)[C@H](O)[C@H]4N)[C@@H](N)C[C@@H](N)[C@@H]3O)[C@@H]2O)[C@H](N)[C@@H](O)[C@@H]1O. The van der Waals surface area contributed by atoms with E-state index in [2.05, 4.69) is 0 Å². The van der Waals surface area contributed by atoms with Crippen molar-refractivity contribution in [2.45, 2.75) is 123 Å². The highest BCUT2D eigenvalue weighted by atomic mass is 16.8. The van der Waals surface area contributed by atoms with Crippen LogP contribution in [0.15, 0.2) is 0 Å². The highest BCUT2D eigenvalue weighted by molar-refractivity contribution is 5.02. The summed E-state index contributed by atoms with van der Waals surface area (Å²) in [6.45, 7) is -1.49. The van der Waals surface area contributed by atoms with Gasteiger partial charge in [0.1, 0.15) is 67.1 Å². The Morgan fingerprint density at radius 1 is 0.524 bits per heavy atom. The zero-order valence-electron chi connectivity index (χ0n) is 22.7. The summed E-state index contributed by atoms with van der Waals surface area (Å²) in [7, 11) is 0. The molecule has 0 amide bonds. The van der Waals surface area contributed by atoms with E-state index >= 15 is 0 Å². The lowest BCUT2D eigenvalue weighted by atomic mass is 9.84. The van der Waals surface area contributed by atoms with E-state index in [1.807, 2.05) is 0 Å². The Morgan fingerprint density at radius 3 is 1.55 bits per heavy atom. The highest BCUT2D eigenvalue weighted by Gasteiger charge is 2.54. The van der Waals surface area contributed by atoms with Crippen molar-refractivity contribution in [1.82, 2.24) is 0 Å². The molecule has 246 valence electrons. The largest absolute Gasteiger partial charge is 0.394 e. The molecule has 4 rings (SSSR count). The van der Waals surface area contributed by atoms with Gasteiger partial charge in [-0.3, -0.25) is 0 Å². The van der Waals surface area contributed by atoms with Crippen molar-refractivity contribution in [1.29, 1.82) is 0 Å². The number of ether oxygens (including phenoxy) is 6. The number of rotatable bonds is 9. The molecule has 2 unspecified atom stereocenters. The minimum absolute atomic E-state index is 0.0642. The zero-order chi connectivity index (χ0) is 31.0. The van der Waals surface area contributed by atoms with Crippen LogP contribution in [0.25, 0.3) is 0 Å². The molecule has 4 aliphatic rings. The van der Waals surface area contributed by atoms with Crippen molar-refractivity contribution in [3.63, 3.8) is 0 Å². The van der Waals surface area contributed by atoms with Gasteiger partial charge in [-0.1, -0.05) is 0 Å². The fraction of sp³-hybridized carbons (Fsp3) is 1.00. The predicted octanol–water partition coefficient (Wildman–Crippen LogP) is -8.86. The molecule has 3 heterocycles. The van der Waals surface area contributed by atoms with Crippen molar-refractivity contribution in [3.8, 4) is 0 Å². The Morgan fingerprint density at radius 2 is 1.00 bits per heavy atom. The molecule has 4 fully saturated rings. The van der Waals surface area contributed by atoms with E-state index in [0.29, 0.717) is 0 Å². The van der Waals surface area contributed by atoms with E-state index < -0.39 is 129 Å². The minimum atomic E-state index is -1.62. The Labute approximate surface area is 240 Å². The summed E-state index contributed by atoms with van der Waals surface area (Å²) in [6.07, 6.45) is -20.5. The van der Waals surface area contributed by atoms with Crippen molar-refractivity contribution < 1.29 is 69.3 Å². The lowest BCUT2D eigenvalue weighted by molar-refractivity contribution is -0.310. The molecule has 19 atom stereocenters. The van der Waals surface area contributed by atoms with Crippen LogP contribution in [0.5, 0.6) is 0 Å². The van der Waals surface area contributed by atoms with Crippen LogP contribution in [0, 0.1) is 0 Å². The summed E-state index contributed by atoms with van der Waals surface area (Å²) in [5.41, 5.74) is 29.9. The van der Waals surface area contributed by atoms with Gasteiger partial charge in [-0.25, -0.2) is 0 Å². The van der Waals surface area contributed by atoms with Gasteiger partial charge in [-0.15, -0.1) is 0 Å². The monoisotopic (exact) mass is 615 g/mol. The maximum absolute atomic E-state index is 11.1. The first-order chi connectivity index (χ1) is 19.8. The Balaban J connectivity index is 1.50. The molecule has 19 heteroatoms. The molecule has 0 bridgehead atoms. The van der Waals surface area contributed by atoms with Gasteiger partial charge in [0.25, 0.3) is 0 Å². The summed E-state index contributed by atoms with van der Waals surface area (Å²) in [5.74, 6) is 0. The van der Waals surface area contributed by atoms with Crippen molar-refractivity contribution >= 4 is 0 Å². The summed E-state index contributed by atoms with van der Waals surface area (Å²) >= 11 is 0. The lowest BCUT2D eigenvalue weighted by Crippen LogP contribution is -2.68. The predicted molar refractivity (Wildman–Crippen MR) is 136 cm³/mol. The third-order valence-electron chi connectivity index (χ3n) is 8.32. The van der Waals surface area contributed by atoms with Crippen LogP contribution in [0.4, 0.5) is 0 Å². The maximum Gasteiger partial charge on any atom is 0.187 e. The summed E-state index contributed by atoms with van der Waals surface area (Å²) in [4.78, 5) is 0. The molecule has 0 aromatic carbocycles. The number of hydrogen-bond acceptors (Lipinski definition) is 19. The summed E-state index contributed by atoms with van der Waals surface area (Å²) < 4.78 is 34.4. The van der Waals surface area contributed by atoms with Crippen LogP contribution in [-0.2, 0) is 28.4 Å². The third kappa shape index (κ3) is 6.60. The molecule has 19 nitrogen and oxygen atoms in total. The first-order valence-corrected chi connectivity index (χ1v) is 13.8. The first kappa shape index (κ1) is 34.1. The molecule has 0 aromatic rings. The molecule has 1 saturated carbocycles. The molecule has 1 aliphatic carbocycles. The molecular formula is C23H45N5O14. The molecular weight excluding hydrogens is 570 g/mol. The van der Waals surface area contributed by atoms with Gasteiger partial charge in [0, 0.05) is 18.6 Å². The van der Waals surface area contributed by atoms with E-state index in [0.717, 1.165) is 0 Å². The van der Waals surface area contributed by atoms with Crippen LogP contribution in [-0.4, -0.2) is 177 Å². The van der Waals surface area contributed by atoms with Crippen LogP contribution in [0.3, 0.4) is 0 Å². The highest BCUT2D eigenvalue weighted by Crippen LogP contribution is 2.34. The molecule has 18 N–H and O–H groups in total. The van der Waals surface area contributed by atoms with Crippen LogP contribution < -0.4 is 28.7 Å². The van der Waals surface area contributed by atoms with Gasteiger partial charge in [0.2, 0.25) is 0 Å². The average Bonchev–Trinajstić information content (AvgIpc) is 3.27. The van der Waals surface area contributed by atoms with Crippen molar-refractivity contribution in [3.05, 3.63) is 0 Å². The smallest absolute Gasteiger partial charge is 0.187 e. The second kappa shape index (κ2) is 14.1. The minimum Gasteiger partial charge on any atom is -0.394 e. The molecule has 0 aromatic heterocycles. The summed E-state index contributed by atoms with van der Waals surface area (Å²) in [6, 6.07) is -4.30. The lowest BCUT2D eigenvalue weighted by Gasteiger charge is -2.47. The van der Waals surface area contributed by atoms with E-state index in [1.165, 1.54) is 0 Å². The Hall–Kier alpha value is -0.760. The van der Waals surface area contributed by atoms with E-state index in [-0.39, 0.29) is 13.0 Å². The fourth-order valence-electron chi connectivity index (χ4n) is 5.70. The molecule has 0 radical (unpaired) electrons. The first-order valence-electron chi connectivity index (χ1n) is 13.8. The van der Waals surface area contributed by atoms with E-state index in [4.69, 9.17) is 57.1 Å². The van der Waals surface area contributed by atoms with Crippen molar-refractivity contribution in [2.75, 3.05) is 19.8 Å². The average molecular weight is 616 g/mol. The van der Waals surface area contributed by atoms with E-state index in [1.54, 1.807) is 0 Å². The number of aliphatic hydroxyl groups excluding tert-OH is 8. The van der Waals surface area contributed by atoms with Gasteiger partial charge in [-0.2, -0.15) is 0 Å². The van der Waals surface area contributed by atoms with Crippen LogP contribution in [0.1, 0.15) is 6.42 Å². The summed E-state index contributed by atoms with van der Waals surface area (Å²) in [5, 5.41) is 82.3. The van der Waals surface area contributed by atoms with Crippen molar-refractivity contribution in [2.24, 2.45) is 28.7 Å². The van der Waals surface area contributed by atoms with Gasteiger partial charge in [0.15, 0.2) is 18.9 Å². The van der Waals surface area contributed by atoms with E-state index in [9.17, 15) is 40.9 Å². The Kier molecular flexibility index (Phi) is 11.5. The molecule has 3 aliphatic heterocycles.